The monoisotopic (exact) mass is 559 g/mol. The smallest absolute Gasteiger partial charge is 0.410 e. The number of carbonyl (C=O) groups is 3. The van der Waals surface area contributed by atoms with Gasteiger partial charge in [0, 0.05) is 51.3 Å². The van der Waals surface area contributed by atoms with Crippen LogP contribution in [0.5, 0.6) is 0 Å². The molecule has 5 rings (SSSR count). The Balaban J connectivity index is 1.20. The topological polar surface area (TPSA) is 96.8 Å². The van der Waals surface area contributed by atoms with E-state index in [4.69, 9.17) is 4.74 Å². The summed E-state index contributed by atoms with van der Waals surface area (Å²) in [5.74, 6) is -1.61. The van der Waals surface area contributed by atoms with Crippen LogP contribution < -0.4 is 5.32 Å². The Kier molecular flexibility index (Phi) is 7.62. The van der Waals surface area contributed by atoms with Gasteiger partial charge in [-0.1, -0.05) is 12.1 Å². The number of ether oxygens (including phenoxy) is 1. The van der Waals surface area contributed by atoms with Crippen molar-refractivity contribution in [3.05, 3.63) is 29.2 Å². The Labute approximate surface area is 233 Å². The number of nitrogens with one attached hydrogen (secondary N) is 1. The van der Waals surface area contributed by atoms with Gasteiger partial charge in [0.2, 0.25) is 11.8 Å². The molecule has 3 fully saturated rings. The molecule has 0 bridgehead atoms. The predicted octanol–water partition coefficient (Wildman–Crippen LogP) is 4.15. The molecular weight excluding hydrogens is 520 g/mol. The highest BCUT2D eigenvalue weighted by atomic mass is 19.1. The highest BCUT2D eigenvalue weighted by Gasteiger charge is 2.40. The van der Waals surface area contributed by atoms with E-state index in [2.05, 4.69) is 15.3 Å². The van der Waals surface area contributed by atoms with Crippen molar-refractivity contribution in [2.45, 2.75) is 82.4 Å². The molecule has 2 aromatic rings. The van der Waals surface area contributed by atoms with Crippen LogP contribution in [0.4, 0.5) is 13.6 Å². The van der Waals surface area contributed by atoms with Crippen LogP contribution in [0, 0.1) is 5.82 Å². The van der Waals surface area contributed by atoms with Gasteiger partial charge in [0.15, 0.2) is 5.82 Å². The first-order chi connectivity index (χ1) is 18.8. The summed E-state index contributed by atoms with van der Waals surface area (Å²) in [6.07, 6.45) is 2.15. The Morgan fingerprint density at radius 2 is 1.80 bits per heavy atom. The van der Waals surface area contributed by atoms with Crippen LogP contribution in [0.15, 0.2) is 12.1 Å². The van der Waals surface area contributed by atoms with Crippen molar-refractivity contribution in [1.82, 2.24) is 24.9 Å². The maximum atomic E-state index is 15.9. The largest absolute Gasteiger partial charge is 0.444 e. The highest BCUT2D eigenvalue weighted by Crippen LogP contribution is 2.37. The number of amides is 3. The third-order valence-electron chi connectivity index (χ3n) is 8.42. The van der Waals surface area contributed by atoms with E-state index in [0.717, 1.165) is 0 Å². The fourth-order valence-corrected chi connectivity index (χ4v) is 6.27. The van der Waals surface area contributed by atoms with Crippen LogP contribution in [-0.2, 0) is 21.4 Å². The number of hydrogen-bond acceptors (Lipinski definition) is 6. The molecule has 1 aromatic carbocycles. The van der Waals surface area contributed by atoms with Crippen LogP contribution in [0.3, 0.4) is 0 Å². The molecule has 40 heavy (non-hydrogen) atoms. The molecule has 0 aliphatic carbocycles. The Morgan fingerprint density at radius 1 is 1.12 bits per heavy atom. The number of piperidine rings is 3. The number of benzene rings is 1. The number of halogens is 2. The summed E-state index contributed by atoms with van der Waals surface area (Å²) in [6, 6.07) is 3.62. The van der Waals surface area contributed by atoms with Crippen molar-refractivity contribution in [3.63, 3.8) is 0 Å². The minimum atomic E-state index is -1.36. The lowest BCUT2D eigenvalue weighted by Crippen LogP contribution is -2.51. The number of fused-ring (bicyclic) bond motifs is 1. The van der Waals surface area contributed by atoms with Gasteiger partial charge in [-0.25, -0.2) is 13.6 Å². The minimum absolute atomic E-state index is 0.000761. The van der Waals surface area contributed by atoms with E-state index < -0.39 is 29.2 Å². The second kappa shape index (κ2) is 10.7. The number of aromatic nitrogens is 2. The lowest BCUT2D eigenvalue weighted by Gasteiger charge is -2.41. The average molecular weight is 560 g/mol. The zero-order chi connectivity index (χ0) is 28.8. The standard InChI is InChI=1S/C29H39F2N5O4/c1-28(2,3)40-27(39)36-15-11-29(31,12-16-36)17-35-13-9-18(10-14-35)19-5-6-20-24(33-34(4)25(20)23(19)30)21-7-8-22(37)32-26(21)38/h5-6,18,21H,7-17H2,1-4H3,(H,32,37,38). The number of aryl methyl sites for hydroxylation is 1. The molecule has 0 radical (unpaired) electrons. The van der Waals surface area contributed by atoms with E-state index in [1.54, 1.807) is 18.0 Å². The zero-order valence-electron chi connectivity index (χ0n) is 23.8. The fourth-order valence-electron chi connectivity index (χ4n) is 6.27. The first-order valence-electron chi connectivity index (χ1n) is 14.2. The molecule has 11 heteroatoms. The van der Waals surface area contributed by atoms with Crippen LogP contribution in [0.25, 0.3) is 10.9 Å². The minimum Gasteiger partial charge on any atom is -0.444 e. The number of alkyl halides is 1. The van der Waals surface area contributed by atoms with E-state index in [-0.39, 0.29) is 36.9 Å². The van der Waals surface area contributed by atoms with Gasteiger partial charge in [-0.2, -0.15) is 5.10 Å². The quantitative estimate of drug-likeness (QED) is 0.566. The molecule has 1 atom stereocenters. The lowest BCUT2D eigenvalue weighted by atomic mass is 9.86. The van der Waals surface area contributed by atoms with Gasteiger partial charge in [-0.3, -0.25) is 19.6 Å². The normalized spacial score (nSPS) is 22.9. The van der Waals surface area contributed by atoms with Gasteiger partial charge in [0.05, 0.1) is 11.6 Å². The maximum Gasteiger partial charge on any atom is 0.410 e. The molecule has 3 aliphatic rings. The van der Waals surface area contributed by atoms with E-state index in [0.29, 0.717) is 74.1 Å². The Bertz CT molecular complexity index is 1300. The van der Waals surface area contributed by atoms with Crippen LogP contribution in [0.2, 0.25) is 0 Å². The zero-order valence-corrected chi connectivity index (χ0v) is 23.8. The second-order valence-corrected chi connectivity index (χ2v) is 12.5. The first-order valence-corrected chi connectivity index (χ1v) is 14.2. The Hall–Kier alpha value is -3.08. The molecule has 218 valence electrons. The molecule has 0 saturated carbocycles. The van der Waals surface area contributed by atoms with Crippen LogP contribution in [-0.4, -0.2) is 81.5 Å². The number of likely N-dealkylation sites (tertiary alicyclic amines) is 2. The van der Waals surface area contributed by atoms with Crippen molar-refractivity contribution in [2.75, 3.05) is 32.7 Å². The fraction of sp³-hybridized carbons (Fsp3) is 0.655. The van der Waals surface area contributed by atoms with Gasteiger partial charge in [-0.15, -0.1) is 0 Å². The van der Waals surface area contributed by atoms with Crippen LogP contribution >= 0.6 is 0 Å². The molecule has 3 amide bonds. The Morgan fingerprint density at radius 3 is 2.42 bits per heavy atom. The summed E-state index contributed by atoms with van der Waals surface area (Å²) >= 11 is 0. The van der Waals surface area contributed by atoms with Gasteiger partial charge < -0.3 is 14.5 Å². The number of nitrogens with zero attached hydrogens (tertiary/aromatic N) is 4. The second-order valence-electron chi connectivity index (χ2n) is 12.5. The molecule has 3 saturated heterocycles. The summed E-state index contributed by atoms with van der Waals surface area (Å²) in [5.41, 5.74) is -0.475. The summed E-state index contributed by atoms with van der Waals surface area (Å²) in [4.78, 5) is 40.0. The van der Waals surface area contributed by atoms with Crippen molar-refractivity contribution in [3.8, 4) is 0 Å². The van der Waals surface area contributed by atoms with E-state index >= 15 is 8.78 Å². The number of hydrogen-bond donors (Lipinski definition) is 1. The van der Waals surface area contributed by atoms with Gasteiger partial charge >= 0.3 is 6.09 Å². The van der Waals surface area contributed by atoms with Crippen molar-refractivity contribution < 1.29 is 27.9 Å². The van der Waals surface area contributed by atoms with Crippen molar-refractivity contribution in [1.29, 1.82) is 0 Å². The number of carbonyl (C=O) groups excluding carboxylic acids is 3. The molecule has 3 aliphatic heterocycles. The molecule has 0 spiro atoms. The number of imide groups is 1. The predicted molar refractivity (Wildman–Crippen MR) is 145 cm³/mol. The molecule has 1 unspecified atom stereocenters. The van der Waals surface area contributed by atoms with Crippen LogP contribution in [0.1, 0.15) is 82.4 Å². The summed E-state index contributed by atoms with van der Waals surface area (Å²) in [7, 11) is 1.67. The highest BCUT2D eigenvalue weighted by molar-refractivity contribution is 6.02. The van der Waals surface area contributed by atoms with E-state index in [9.17, 15) is 14.4 Å². The van der Waals surface area contributed by atoms with Crippen molar-refractivity contribution >= 4 is 28.8 Å². The third kappa shape index (κ3) is 5.84. The molecule has 1 aromatic heterocycles. The van der Waals surface area contributed by atoms with E-state index in [1.807, 2.05) is 26.8 Å². The molecule has 1 N–H and O–H groups in total. The summed E-state index contributed by atoms with van der Waals surface area (Å²) in [5, 5.41) is 7.42. The molecule has 4 heterocycles. The maximum absolute atomic E-state index is 15.9. The molecular formula is C29H39F2N5O4. The van der Waals surface area contributed by atoms with Gasteiger partial charge in [0.1, 0.15) is 16.8 Å². The summed E-state index contributed by atoms with van der Waals surface area (Å²) < 4.78 is 38.5. The summed E-state index contributed by atoms with van der Waals surface area (Å²) in [6.45, 7) is 7.75. The van der Waals surface area contributed by atoms with E-state index in [1.165, 1.54) is 4.68 Å². The van der Waals surface area contributed by atoms with Crippen molar-refractivity contribution in [2.24, 2.45) is 7.05 Å². The molecule has 9 nitrogen and oxygen atoms in total. The van der Waals surface area contributed by atoms with Gasteiger partial charge in [0.25, 0.3) is 0 Å². The lowest BCUT2D eigenvalue weighted by molar-refractivity contribution is -0.134. The van der Waals surface area contributed by atoms with Gasteiger partial charge in [-0.05, 0) is 64.6 Å². The average Bonchev–Trinajstić information content (AvgIpc) is 3.21. The first kappa shape index (κ1) is 28.4. The third-order valence-corrected chi connectivity index (χ3v) is 8.42. The number of rotatable bonds is 4. The SMILES string of the molecule is Cn1nc(C2CCC(=O)NC2=O)c2ccc(C3CCN(CC4(F)CCN(C(=O)OC(C)(C)C)CC4)CC3)c(F)c21.